The van der Waals surface area contributed by atoms with E-state index < -0.39 is 0 Å². The molecule has 0 saturated heterocycles. The first-order valence-corrected chi connectivity index (χ1v) is 6.00. The first-order valence-electron chi connectivity index (χ1n) is 5.24. The summed E-state index contributed by atoms with van der Waals surface area (Å²) in [6.07, 6.45) is 4.32. The lowest BCUT2D eigenvalue weighted by Gasteiger charge is -2.28. The highest BCUT2D eigenvalue weighted by Gasteiger charge is 2.36. The van der Waals surface area contributed by atoms with Crippen molar-refractivity contribution in [1.29, 1.82) is 0 Å². The molecule has 0 bridgehead atoms. The molecule has 1 aliphatic carbocycles. The van der Waals surface area contributed by atoms with Crippen molar-refractivity contribution in [2.75, 3.05) is 6.61 Å². The fourth-order valence-corrected chi connectivity index (χ4v) is 2.96. The maximum absolute atomic E-state index is 9.58. The van der Waals surface area contributed by atoms with Crippen LogP contribution in [0.2, 0.25) is 10.0 Å². The highest BCUT2D eigenvalue weighted by Crippen LogP contribution is 2.44. The number of rotatable bonds is 2. The van der Waals surface area contributed by atoms with E-state index in [0.29, 0.717) is 5.02 Å². The third kappa shape index (κ3) is 2.01. The van der Waals surface area contributed by atoms with Crippen LogP contribution in [0.3, 0.4) is 0 Å². The molecular weight excluding hydrogens is 231 g/mol. The molecular formula is C12H14Cl2O. The van der Waals surface area contributed by atoms with Crippen molar-refractivity contribution in [3.63, 3.8) is 0 Å². The Kier molecular flexibility index (Phi) is 3.24. The monoisotopic (exact) mass is 244 g/mol. The van der Waals surface area contributed by atoms with Crippen LogP contribution in [0.4, 0.5) is 0 Å². The fraction of sp³-hybridized carbons (Fsp3) is 0.500. The van der Waals surface area contributed by atoms with Gasteiger partial charge in [-0.2, -0.15) is 0 Å². The molecule has 1 aromatic carbocycles. The van der Waals surface area contributed by atoms with Gasteiger partial charge in [0, 0.05) is 15.5 Å². The second kappa shape index (κ2) is 4.32. The van der Waals surface area contributed by atoms with Gasteiger partial charge >= 0.3 is 0 Å². The number of benzene rings is 1. The maximum Gasteiger partial charge on any atom is 0.0528 e. The smallest absolute Gasteiger partial charge is 0.0528 e. The lowest BCUT2D eigenvalue weighted by molar-refractivity contribution is 0.196. The normalized spacial score (nSPS) is 19.4. The molecule has 1 aliphatic rings. The summed E-state index contributed by atoms with van der Waals surface area (Å²) in [7, 11) is 0. The lowest BCUT2D eigenvalue weighted by atomic mass is 9.80. The number of aliphatic hydroxyl groups is 1. The van der Waals surface area contributed by atoms with Gasteiger partial charge in [-0.15, -0.1) is 0 Å². The minimum atomic E-state index is -0.151. The van der Waals surface area contributed by atoms with Gasteiger partial charge in [0.25, 0.3) is 0 Å². The number of aliphatic hydroxyl groups excluding tert-OH is 1. The second-order valence-corrected chi connectivity index (χ2v) is 5.11. The van der Waals surface area contributed by atoms with E-state index in [2.05, 4.69) is 0 Å². The summed E-state index contributed by atoms with van der Waals surface area (Å²) in [4.78, 5) is 0. The molecule has 1 fully saturated rings. The molecule has 0 atom stereocenters. The summed E-state index contributed by atoms with van der Waals surface area (Å²) >= 11 is 12.1. The van der Waals surface area contributed by atoms with Crippen molar-refractivity contribution in [3.05, 3.63) is 33.8 Å². The minimum Gasteiger partial charge on any atom is -0.395 e. The Morgan fingerprint density at radius 2 is 1.87 bits per heavy atom. The number of hydrogen-bond donors (Lipinski definition) is 1. The Labute approximate surface area is 100 Å². The summed E-state index contributed by atoms with van der Waals surface area (Å²) in [6.45, 7) is 0.160. The van der Waals surface area contributed by atoms with Crippen molar-refractivity contribution in [2.24, 2.45) is 0 Å². The Balaban J connectivity index is 2.46. The lowest BCUT2D eigenvalue weighted by Crippen LogP contribution is -2.27. The van der Waals surface area contributed by atoms with Crippen LogP contribution >= 0.6 is 23.2 Å². The van der Waals surface area contributed by atoms with E-state index in [1.54, 1.807) is 6.07 Å². The standard InChI is InChI=1S/C12H14Cl2O/c13-9-3-4-11(14)10(7-9)12(8-15)5-1-2-6-12/h3-4,7,15H,1-2,5-6,8H2. The van der Waals surface area contributed by atoms with E-state index in [1.165, 1.54) is 0 Å². The Bertz CT molecular complexity index is 357. The molecule has 15 heavy (non-hydrogen) atoms. The van der Waals surface area contributed by atoms with Crippen molar-refractivity contribution >= 4 is 23.2 Å². The van der Waals surface area contributed by atoms with Crippen LogP contribution in [0.25, 0.3) is 0 Å². The van der Waals surface area contributed by atoms with Gasteiger partial charge in [0.1, 0.15) is 0 Å². The largest absolute Gasteiger partial charge is 0.395 e. The topological polar surface area (TPSA) is 20.2 Å². The zero-order valence-corrected chi connectivity index (χ0v) is 9.98. The molecule has 1 aromatic rings. The van der Waals surface area contributed by atoms with Crippen LogP contribution in [0.15, 0.2) is 18.2 Å². The highest BCUT2D eigenvalue weighted by molar-refractivity contribution is 6.33. The molecule has 1 N–H and O–H groups in total. The van der Waals surface area contributed by atoms with E-state index in [1.807, 2.05) is 12.1 Å². The molecule has 0 radical (unpaired) electrons. The van der Waals surface area contributed by atoms with Gasteiger partial charge in [-0.3, -0.25) is 0 Å². The third-order valence-corrected chi connectivity index (χ3v) is 3.93. The van der Waals surface area contributed by atoms with Gasteiger partial charge in [0.15, 0.2) is 0 Å². The molecule has 1 nitrogen and oxygen atoms in total. The Hall–Kier alpha value is -0.240. The van der Waals surface area contributed by atoms with Gasteiger partial charge in [-0.1, -0.05) is 36.0 Å². The van der Waals surface area contributed by atoms with Crippen molar-refractivity contribution in [3.8, 4) is 0 Å². The number of halogens is 2. The fourth-order valence-electron chi connectivity index (χ4n) is 2.47. The highest BCUT2D eigenvalue weighted by atomic mass is 35.5. The maximum atomic E-state index is 9.58. The van der Waals surface area contributed by atoms with E-state index in [4.69, 9.17) is 23.2 Å². The molecule has 2 rings (SSSR count). The number of hydrogen-bond acceptors (Lipinski definition) is 1. The summed E-state index contributed by atoms with van der Waals surface area (Å²) in [5.74, 6) is 0. The average molecular weight is 245 g/mol. The van der Waals surface area contributed by atoms with Gasteiger partial charge in [0.2, 0.25) is 0 Å². The predicted molar refractivity (Wildman–Crippen MR) is 63.7 cm³/mol. The molecule has 0 aromatic heterocycles. The summed E-state index contributed by atoms with van der Waals surface area (Å²) in [5.41, 5.74) is 0.860. The molecule has 0 unspecified atom stereocenters. The molecule has 1 saturated carbocycles. The second-order valence-electron chi connectivity index (χ2n) is 4.27. The van der Waals surface area contributed by atoms with Crippen LogP contribution in [0, 0.1) is 0 Å². The SMILES string of the molecule is OCC1(c2cc(Cl)ccc2Cl)CCCC1. The summed E-state index contributed by atoms with van der Waals surface area (Å²) in [6, 6.07) is 5.49. The third-order valence-electron chi connectivity index (χ3n) is 3.36. The van der Waals surface area contributed by atoms with Crippen molar-refractivity contribution in [2.45, 2.75) is 31.1 Å². The Morgan fingerprint density at radius 3 is 2.47 bits per heavy atom. The zero-order valence-electron chi connectivity index (χ0n) is 8.47. The summed E-state index contributed by atoms with van der Waals surface area (Å²) in [5, 5.41) is 11.0. The van der Waals surface area contributed by atoms with Gasteiger partial charge < -0.3 is 5.11 Å². The minimum absolute atomic E-state index is 0.151. The molecule has 0 aliphatic heterocycles. The van der Waals surface area contributed by atoms with Crippen molar-refractivity contribution in [1.82, 2.24) is 0 Å². The molecule has 0 spiro atoms. The van der Waals surface area contributed by atoms with Crippen LogP contribution in [0.1, 0.15) is 31.2 Å². The molecule has 0 amide bonds. The predicted octanol–water partition coefficient (Wildman–Crippen LogP) is 3.80. The van der Waals surface area contributed by atoms with Crippen LogP contribution in [-0.2, 0) is 5.41 Å². The van der Waals surface area contributed by atoms with Crippen LogP contribution in [-0.4, -0.2) is 11.7 Å². The van der Waals surface area contributed by atoms with Gasteiger partial charge in [0.05, 0.1) is 6.61 Å². The van der Waals surface area contributed by atoms with E-state index in [-0.39, 0.29) is 12.0 Å². The van der Waals surface area contributed by atoms with Gasteiger partial charge in [-0.25, -0.2) is 0 Å². The summed E-state index contributed by atoms with van der Waals surface area (Å²) < 4.78 is 0. The van der Waals surface area contributed by atoms with Crippen molar-refractivity contribution < 1.29 is 5.11 Å². The molecule has 3 heteroatoms. The molecule has 0 heterocycles. The van der Waals surface area contributed by atoms with Crippen LogP contribution in [0.5, 0.6) is 0 Å². The first kappa shape index (κ1) is 11.3. The zero-order chi connectivity index (χ0) is 10.9. The van der Waals surface area contributed by atoms with E-state index in [9.17, 15) is 5.11 Å². The Morgan fingerprint density at radius 1 is 1.20 bits per heavy atom. The van der Waals surface area contributed by atoms with E-state index in [0.717, 1.165) is 36.3 Å². The molecule has 82 valence electrons. The van der Waals surface area contributed by atoms with Crippen LogP contribution < -0.4 is 0 Å². The quantitative estimate of drug-likeness (QED) is 0.840. The van der Waals surface area contributed by atoms with E-state index >= 15 is 0 Å². The average Bonchev–Trinajstić information content (AvgIpc) is 2.71. The van der Waals surface area contributed by atoms with Gasteiger partial charge in [-0.05, 0) is 36.6 Å². The first-order chi connectivity index (χ1) is 7.18.